The molecule has 1 heterocycles. The van der Waals surface area contributed by atoms with E-state index in [0.29, 0.717) is 4.99 Å². The van der Waals surface area contributed by atoms with E-state index in [4.69, 9.17) is 18.0 Å². The quantitative estimate of drug-likeness (QED) is 0.805. The van der Waals surface area contributed by atoms with Crippen LogP contribution in [0.2, 0.25) is 0 Å². The van der Waals surface area contributed by atoms with Gasteiger partial charge in [-0.2, -0.15) is 5.10 Å². The van der Waals surface area contributed by atoms with Gasteiger partial charge in [-0.05, 0) is 31.5 Å². The molecule has 1 aromatic heterocycles. The first-order chi connectivity index (χ1) is 7.59. The van der Waals surface area contributed by atoms with Gasteiger partial charge in [0.05, 0.1) is 11.4 Å². The number of hydrogen-bond acceptors (Lipinski definition) is 2. The second-order valence-electron chi connectivity index (χ2n) is 3.74. The van der Waals surface area contributed by atoms with Crippen LogP contribution in [0, 0.1) is 13.8 Å². The molecule has 2 rings (SSSR count). The van der Waals surface area contributed by atoms with Crippen molar-refractivity contribution in [3.63, 3.8) is 0 Å². The average Bonchev–Trinajstić information content (AvgIpc) is 2.64. The molecule has 0 fully saturated rings. The van der Waals surface area contributed by atoms with Crippen molar-refractivity contribution in [2.24, 2.45) is 5.73 Å². The van der Waals surface area contributed by atoms with Crippen LogP contribution >= 0.6 is 12.2 Å². The highest BCUT2D eigenvalue weighted by Gasteiger charge is 2.10. The van der Waals surface area contributed by atoms with Crippen molar-refractivity contribution in [3.8, 4) is 5.69 Å². The number of aryl methyl sites for hydroxylation is 2. The summed E-state index contributed by atoms with van der Waals surface area (Å²) in [5.74, 6) is 0. The Morgan fingerprint density at radius 3 is 2.62 bits per heavy atom. The SMILES string of the molecule is Cc1ccn(-c2c(C)cccc2C(N)=S)n1. The molecule has 2 aromatic rings. The number of benzene rings is 1. The van der Waals surface area contributed by atoms with Crippen molar-refractivity contribution in [1.82, 2.24) is 9.78 Å². The Morgan fingerprint density at radius 1 is 1.31 bits per heavy atom. The maximum absolute atomic E-state index is 5.72. The highest BCUT2D eigenvalue weighted by molar-refractivity contribution is 7.80. The summed E-state index contributed by atoms with van der Waals surface area (Å²) >= 11 is 5.05. The van der Waals surface area contributed by atoms with Crippen molar-refractivity contribution in [2.45, 2.75) is 13.8 Å². The molecule has 1 aromatic carbocycles. The monoisotopic (exact) mass is 231 g/mol. The fourth-order valence-electron chi connectivity index (χ4n) is 1.70. The second kappa shape index (κ2) is 4.06. The molecule has 0 saturated carbocycles. The predicted octanol–water partition coefficient (Wildman–Crippen LogP) is 2.12. The summed E-state index contributed by atoms with van der Waals surface area (Å²) in [7, 11) is 0. The van der Waals surface area contributed by atoms with E-state index in [9.17, 15) is 0 Å². The van der Waals surface area contributed by atoms with Crippen LogP contribution in [0.3, 0.4) is 0 Å². The Morgan fingerprint density at radius 2 is 2.06 bits per heavy atom. The summed E-state index contributed by atoms with van der Waals surface area (Å²) < 4.78 is 1.82. The highest BCUT2D eigenvalue weighted by Crippen LogP contribution is 2.18. The molecule has 4 heteroatoms. The molecule has 0 radical (unpaired) electrons. The third kappa shape index (κ3) is 1.84. The smallest absolute Gasteiger partial charge is 0.106 e. The van der Waals surface area contributed by atoms with E-state index < -0.39 is 0 Å². The molecule has 0 aliphatic carbocycles. The van der Waals surface area contributed by atoms with Crippen LogP contribution in [0.1, 0.15) is 16.8 Å². The molecule has 0 unspecified atom stereocenters. The van der Waals surface area contributed by atoms with Crippen molar-refractivity contribution in [2.75, 3.05) is 0 Å². The van der Waals surface area contributed by atoms with Gasteiger partial charge in [-0.25, -0.2) is 4.68 Å². The fraction of sp³-hybridized carbons (Fsp3) is 0.167. The molecule has 0 aliphatic heterocycles. The Kier molecular flexibility index (Phi) is 2.75. The molecule has 0 amide bonds. The molecule has 3 nitrogen and oxygen atoms in total. The number of aromatic nitrogens is 2. The van der Waals surface area contributed by atoms with Crippen LogP contribution in [0.25, 0.3) is 5.69 Å². The minimum Gasteiger partial charge on any atom is -0.389 e. The molecule has 0 saturated heterocycles. The maximum atomic E-state index is 5.72. The summed E-state index contributed by atoms with van der Waals surface area (Å²) in [5.41, 5.74) is 9.61. The van der Waals surface area contributed by atoms with Gasteiger partial charge in [0.2, 0.25) is 0 Å². The molecule has 16 heavy (non-hydrogen) atoms. The lowest BCUT2D eigenvalue weighted by Crippen LogP contribution is -2.14. The van der Waals surface area contributed by atoms with Gasteiger partial charge in [0, 0.05) is 11.8 Å². The zero-order chi connectivity index (χ0) is 11.7. The number of rotatable bonds is 2. The van der Waals surface area contributed by atoms with Gasteiger partial charge >= 0.3 is 0 Å². The topological polar surface area (TPSA) is 43.8 Å². The van der Waals surface area contributed by atoms with Crippen molar-refractivity contribution < 1.29 is 0 Å². The van der Waals surface area contributed by atoms with Crippen molar-refractivity contribution in [1.29, 1.82) is 0 Å². The maximum Gasteiger partial charge on any atom is 0.106 e. The molecule has 0 aliphatic rings. The molecule has 82 valence electrons. The minimum absolute atomic E-state index is 0.395. The van der Waals surface area contributed by atoms with E-state index >= 15 is 0 Å². The third-order valence-corrected chi connectivity index (χ3v) is 2.67. The molecule has 0 atom stereocenters. The van der Waals surface area contributed by atoms with Crippen LogP contribution in [0.4, 0.5) is 0 Å². The summed E-state index contributed by atoms with van der Waals surface area (Å²) in [4.78, 5) is 0.395. The number of nitrogens with two attached hydrogens (primary N) is 1. The van der Waals surface area contributed by atoms with Gasteiger partial charge in [-0.1, -0.05) is 24.4 Å². The van der Waals surface area contributed by atoms with Gasteiger partial charge in [-0.3, -0.25) is 0 Å². The first-order valence-corrected chi connectivity index (χ1v) is 5.42. The lowest BCUT2D eigenvalue weighted by Gasteiger charge is -2.11. The van der Waals surface area contributed by atoms with Gasteiger partial charge in [0.1, 0.15) is 4.99 Å². The Balaban J connectivity index is 2.67. The average molecular weight is 231 g/mol. The minimum atomic E-state index is 0.395. The van der Waals surface area contributed by atoms with E-state index in [2.05, 4.69) is 5.10 Å². The van der Waals surface area contributed by atoms with Crippen LogP contribution in [-0.4, -0.2) is 14.8 Å². The zero-order valence-corrected chi connectivity index (χ0v) is 10.1. The largest absolute Gasteiger partial charge is 0.389 e. The lowest BCUT2D eigenvalue weighted by molar-refractivity contribution is 0.854. The fourth-order valence-corrected chi connectivity index (χ4v) is 1.87. The Hall–Kier alpha value is -1.68. The molecule has 2 N–H and O–H groups in total. The summed E-state index contributed by atoms with van der Waals surface area (Å²) in [6, 6.07) is 7.84. The summed E-state index contributed by atoms with van der Waals surface area (Å²) in [6.45, 7) is 3.98. The van der Waals surface area contributed by atoms with Crippen LogP contribution in [0.5, 0.6) is 0 Å². The molecule has 0 bridgehead atoms. The first-order valence-electron chi connectivity index (χ1n) is 5.01. The van der Waals surface area contributed by atoms with Gasteiger partial charge in [0.15, 0.2) is 0 Å². The number of hydrogen-bond donors (Lipinski definition) is 1. The highest BCUT2D eigenvalue weighted by atomic mass is 32.1. The zero-order valence-electron chi connectivity index (χ0n) is 9.27. The Labute approximate surface area is 99.9 Å². The van der Waals surface area contributed by atoms with Gasteiger partial charge in [0.25, 0.3) is 0 Å². The van der Waals surface area contributed by atoms with Crippen LogP contribution in [-0.2, 0) is 0 Å². The Bertz CT molecular complexity index is 543. The van der Waals surface area contributed by atoms with Crippen molar-refractivity contribution >= 4 is 17.2 Å². The van der Waals surface area contributed by atoms with E-state index in [1.807, 2.05) is 49.0 Å². The lowest BCUT2D eigenvalue weighted by atomic mass is 10.1. The summed E-state index contributed by atoms with van der Waals surface area (Å²) in [5, 5.41) is 4.39. The van der Waals surface area contributed by atoms with Gasteiger partial charge < -0.3 is 5.73 Å². The van der Waals surface area contributed by atoms with Crippen molar-refractivity contribution in [3.05, 3.63) is 47.3 Å². The second-order valence-corrected chi connectivity index (χ2v) is 4.18. The first kappa shape index (κ1) is 10.8. The molecular weight excluding hydrogens is 218 g/mol. The van der Waals surface area contributed by atoms with Gasteiger partial charge in [-0.15, -0.1) is 0 Å². The van der Waals surface area contributed by atoms with E-state index in [-0.39, 0.29) is 0 Å². The van der Waals surface area contributed by atoms with E-state index in [1.54, 1.807) is 0 Å². The number of para-hydroxylation sites is 1. The number of nitrogens with zero attached hydrogens (tertiary/aromatic N) is 2. The molecular formula is C12H13N3S. The standard InChI is InChI=1S/C12H13N3S/c1-8-4-3-5-10(12(13)16)11(8)15-7-6-9(2)14-15/h3-7H,1-2H3,(H2,13,16). The van der Waals surface area contributed by atoms with Crippen LogP contribution < -0.4 is 5.73 Å². The third-order valence-electron chi connectivity index (χ3n) is 2.45. The van der Waals surface area contributed by atoms with Crippen LogP contribution in [0.15, 0.2) is 30.5 Å². The summed E-state index contributed by atoms with van der Waals surface area (Å²) in [6.07, 6.45) is 1.92. The molecule has 0 spiro atoms. The number of thiocarbonyl (C=S) groups is 1. The van der Waals surface area contributed by atoms with E-state index in [1.165, 1.54) is 0 Å². The van der Waals surface area contributed by atoms with E-state index in [0.717, 1.165) is 22.5 Å². The normalized spacial score (nSPS) is 10.4. The predicted molar refractivity (Wildman–Crippen MR) is 68.9 cm³/mol.